The maximum absolute atomic E-state index is 11.8. The lowest BCUT2D eigenvalue weighted by atomic mass is 10.1. The van der Waals surface area contributed by atoms with Gasteiger partial charge in [-0.25, -0.2) is 0 Å². The zero-order valence-corrected chi connectivity index (χ0v) is 12.4. The van der Waals surface area contributed by atoms with E-state index in [9.17, 15) is 4.79 Å². The highest BCUT2D eigenvalue weighted by atomic mass is 16.1. The highest BCUT2D eigenvalue weighted by Gasteiger charge is 2.04. The van der Waals surface area contributed by atoms with Gasteiger partial charge in [0.05, 0.1) is 0 Å². The molecule has 1 amide bonds. The van der Waals surface area contributed by atoms with Crippen LogP contribution in [0.25, 0.3) is 0 Å². The van der Waals surface area contributed by atoms with E-state index >= 15 is 0 Å². The van der Waals surface area contributed by atoms with Crippen LogP contribution in [-0.4, -0.2) is 30.9 Å². The Balaban J connectivity index is 2.30. The van der Waals surface area contributed by atoms with E-state index in [1.165, 1.54) is 18.4 Å². The first-order valence-corrected chi connectivity index (χ1v) is 7.23. The van der Waals surface area contributed by atoms with Crippen LogP contribution in [-0.2, 0) is 11.2 Å². The number of hydrogen-bond acceptors (Lipinski definition) is 2. The van der Waals surface area contributed by atoms with Crippen molar-refractivity contribution in [1.29, 1.82) is 0 Å². The minimum Gasteiger partial charge on any atom is -0.326 e. The van der Waals surface area contributed by atoms with Crippen LogP contribution in [0.1, 0.15) is 38.7 Å². The van der Waals surface area contributed by atoms with E-state index in [0.29, 0.717) is 6.42 Å². The predicted octanol–water partition coefficient (Wildman–Crippen LogP) is 3.31. The fraction of sp³-hybridized carbons (Fsp3) is 0.562. The number of unbranched alkanes of at least 4 members (excludes halogenated alkanes) is 1. The van der Waals surface area contributed by atoms with Gasteiger partial charge in [0.2, 0.25) is 5.91 Å². The average Bonchev–Trinajstić information content (AvgIpc) is 2.43. The molecule has 0 aliphatic carbocycles. The van der Waals surface area contributed by atoms with E-state index in [1.54, 1.807) is 0 Å². The molecule has 106 valence electrons. The summed E-state index contributed by atoms with van der Waals surface area (Å²) in [5, 5.41) is 2.94. The molecule has 1 aromatic rings. The Morgan fingerprint density at radius 1 is 1.16 bits per heavy atom. The molecule has 0 saturated carbocycles. The highest BCUT2D eigenvalue weighted by molar-refractivity contribution is 5.90. The molecule has 1 aromatic carbocycles. The largest absolute Gasteiger partial charge is 0.326 e. The smallest absolute Gasteiger partial charge is 0.225 e. The number of benzene rings is 1. The molecule has 0 aromatic heterocycles. The van der Waals surface area contributed by atoms with E-state index in [0.717, 1.165) is 25.2 Å². The van der Waals surface area contributed by atoms with Gasteiger partial charge in [-0.05, 0) is 44.1 Å². The van der Waals surface area contributed by atoms with E-state index in [1.807, 2.05) is 12.1 Å². The lowest BCUT2D eigenvalue weighted by Gasteiger charge is -2.15. The molecule has 3 heteroatoms. The number of carbonyl (C=O) groups excluding carboxylic acids is 1. The maximum atomic E-state index is 11.8. The van der Waals surface area contributed by atoms with E-state index in [4.69, 9.17) is 0 Å². The zero-order valence-electron chi connectivity index (χ0n) is 12.4. The first-order valence-electron chi connectivity index (χ1n) is 7.23. The van der Waals surface area contributed by atoms with Gasteiger partial charge in [-0.3, -0.25) is 4.79 Å². The van der Waals surface area contributed by atoms with E-state index < -0.39 is 0 Å². The Morgan fingerprint density at radius 2 is 1.84 bits per heavy atom. The summed E-state index contributed by atoms with van der Waals surface area (Å²) in [6, 6.07) is 8.06. The summed E-state index contributed by atoms with van der Waals surface area (Å²) in [6.07, 6.45) is 3.96. The number of nitrogens with one attached hydrogen (secondary N) is 1. The summed E-state index contributed by atoms with van der Waals surface area (Å²) in [6.45, 7) is 6.19. The minimum absolute atomic E-state index is 0.0904. The third-order valence-electron chi connectivity index (χ3n) is 3.26. The van der Waals surface area contributed by atoms with Gasteiger partial charge >= 0.3 is 0 Å². The molecule has 0 spiro atoms. The van der Waals surface area contributed by atoms with Gasteiger partial charge in [0, 0.05) is 18.7 Å². The van der Waals surface area contributed by atoms with Gasteiger partial charge in [0.1, 0.15) is 0 Å². The number of amides is 1. The van der Waals surface area contributed by atoms with Crippen LogP contribution in [0.5, 0.6) is 0 Å². The molecule has 0 unspecified atom stereocenters. The average molecular weight is 262 g/mol. The summed E-state index contributed by atoms with van der Waals surface area (Å²) in [5.74, 6) is 0.0904. The van der Waals surface area contributed by atoms with Crippen LogP contribution in [0.3, 0.4) is 0 Å². The predicted molar refractivity (Wildman–Crippen MR) is 81.5 cm³/mol. The molecule has 0 aliphatic rings. The second kappa shape index (κ2) is 8.70. The summed E-state index contributed by atoms with van der Waals surface area (Å²) >= 11 is 0. The van der Waals surface area contributed by atoms with Crippen molar-refractivity contribution in [1.82, 2.24) is 4.90 Å². The second-order valence-corrected chi connectivity index (χ2v) is 5.01. The third-order valence-corrected chi connectivity index (χ3v) is 3.26. The molecular formula is C16H26N2O. The topological polar surface area (TPSA) is 32.3 Å². The number of hydrogen-bond donors (Lipinski definition) is 1. The third kappa shape index (κ3) is 6.39. The molecular weight excluding hydrogens is 236 g/mol. The maximum Gasteiger partial charge on any atom is 0.225 e. The van der Waals surface area contributed by atoms with Crippen molar-refractivity contribution in [3.8, 4) is 0 Å². The normalized spacial score (nSPS) is 10.7. The molecule has 1 rings (SSSR count). The molecule has 19 heavy (non-hydrogen) atoms. The Bertz CT molecular complexity index is 373. The number of rotatable bonds is 8. The summed E-state index contributed by atoms with van der Waals surface area (Å²) in [4.78, 5) is 14.0. The van der Waals surface area contributed by atoms with Gasteiger partial charge < -0.3 is 10.2 Å². The van der Waals surface area contributed by atoms with E-state index in [2.05, 4.69) is 43.2 Å². The highest BCUT2D eigenvalue weighted by Crippen LogP contribution is 2.10. The molecule has 0 aliphatic heterocycles. The lowest BCUT2D eigenvalue weighted by molar-refractivity contribution is -0.116. The van der Waals surface area contributed by atoms with Crippen LogP contribution in [0.2, 0.25) is 0 Å². The van der Waals surface area contributed by atoms with Crippen molar-refractivity contribution < 1.29 is 4.79 Å². The molecule has 1 N–H and O–H groups in total. The molecule has 0 saturated heterocycles. The summed E-state index contributed by atoms with van der Waals surface area (Å²) in [5.41, 5.74) is 2.18. The first kappa shape index (κ1) is 15.7. The molecule has 0 fully saturated rings. The quantitative estimate of drug-likeness (QED) is 0.779. The Labute approximate surface area is 117 Å². The van der Waals surface area contributed by atoms with Gasteiger partial charge in [-0.15, -0.1) is 0 Å². The Morgan fingerprint density at radius 3 is 2.42 bits per heavy atom. The van der Waals surface area contributed by atoms with Gasteiger partial charge in [0.25, 0.3) is 0 Å². The minimum atomic E-state index is 0.0904. The number of aryl methyl sites for hydroxylation is 1. The monoisotopic (exact) mass is 262 g/mol. The summed E-state index contributed by atoms with van der Waals surface area (Å²) in [7, 11) is 2.07. The SMILES string of the molecule is CCCCN(C)CCC(=O)Nc1ccc(CC)cc1. The van der Waals surface area contributed by atoms with Crippen molar-refractivity contribution in [3.63, 3.8) is 0 Å². The van der Waals surface area contributed by atoms with E-state index in [-0.39, 0.29) is 5.91 Å². The zero-order chi connectivity index (χ0) is 14.1. The lowest BCUT2D eigenvalue weighted by Crippen LogP contribution is -2.25. The summed E-state index contributed by atoms with van der Waals surface area (Å²) < 4.78 is 0. The van der Waals surface area contributed by atoms with Crippen LogP contribution in [0.4, 0.5) is 5.69 Å². The van der Waals surface area contributed by atoms with Crippen LogP contribution in [0, 0.1) is 0 Å². The molecule has 0 radical (unpaired) electrons. The van der Waals surface area contributed by atoms with Crippen molar-refractivity contribution in [2.75, 3.05) is 25.5 Å². The van der Waals surface area contributed by atoms with Crippen molar-refractivity contribution >= 4 is 11.6 Å². The van der Waals surface area contributed by atoms with Gasteiger partial charge in [-0.1, -0.05) is 32.4 Å². The van der Waals surface area contributed by atoms with Gasteiger partial charge in [0.15, 0.2) is 0 Å². The van der Waals surface area contributed by atoms with Crippen molar-refractivity contribution in [2.45, 2.75) is 39.5 Å². The van der Waals surface area contributed by atoms with Crippen molar-refractivity contribution in [2.24, 2.45) is 0 Å². The van der Waals surface area contributed by atoms with Gasteiger partial charge in [-0.2, -0.15) is 0 Å². The van der Waals surface area contributed by atoms with Crippen LogP contribution < -0.4 is 5.32 Å². The second-order valence-electron chi connectivity index (χ2n) is 5.01. The number of anilines is 1. The van der Waals surface area contributed by atoms with Crippen molar-refractivity contribution in [3.05, 3.63) is 29.8 Å². The standard InChI is InChI=1S/C16H26N2O/c1-4-6-12-18(3)13-11-16(19)17-15-9-7-14(5-2)8-10-15/h7-10H,4-6,11-13H2,1-3H3,(H,17,19). The molecule has 0 bridgehead atoms. The fourth-order valence-electron chi connectivity index (χ4n) is 1.88. The Kier molecular flexibility index (Phi) is 7.19. The molecule has 0 atom stereocenters. The van der Waals surface area contributed by atoms with Crippen LogP contribution >= 0.6 is 0 Å². The number of carbonyl (C=O) groups is 1. The first-order chi connectivity index (χ1) is 9.15. The Hall–Kier alpha value is -1.35. The molecule has 3 nitrogen and oxygen atoms in total. The van der Waals surface area contributed by atoms with Crippen LogP contribution in [0.15, 0.2) is 24.3 Å². The number of nitrogens with zero attached hydrogens (tertiary/aromatic N) is 1. The molecule has 0 heterocycles. The fourth-order valence-corrected chi connectivity index (χ4v) is 1.88.